The minimum absolute atomic E-state index is 0.0100. The second-order valence-corrected chi connectivity index (χ2v) is 5.00. The molecule has 1 aromatic carbocycles. The summed E-state index contributed by atoms with van der Waals surface area (Å²) in [6, 6.07) is 9.09. The standard InChI is InChI=1S/C13H12BrN3O2/c1-9-2-3-11(14)6-10(9)7-15-13-5-4-12(8-16-13)17(18)19/h2-6,8H,7H2,1H3,(H,15,16). The van der Waals surface area contributed by atoms with Gasteiger partial charge in [0.15, 0.2) is 0 Å². The summed E-state index contributed by atoms with van der Waals surface area (Å²) < 4.78 is 1.02. The average molecular weight is 322 g/mol. The highest BCUT2D eigenvalue weighted by atomic mass is 79.9. The lowest BCUT2D eigenvalue weighted by Crippen LogP contribution is -2.03. The SMILES string of the molecule is Cc1ccc(Br)cc1CNc1ccc([N+](=O)[O-])cn1. The van der Waals surface area contributed by atoms with Gasteiger partial charge < -0.3 is 5.32 Å². The Balaban J connectivity index is 2.06. The van der Waals surface area contributed by atoms with Gasteiger partial charge in [0.05, 0.1) is 4.92 Å². The number of hydrogen-bond acceptors (Lipinski definition) is 4. The van der Waals surface area contributed by atoms with Crippen molar-refractivity contribution in [3.05, 3.63) is 62.2 Å². The molecule has 1 heterocycles. The molecule has 0 amide bonds. The fraction of sp³-hybridized carbons (Fsp3) is 0.154. The topological polar surface area (TPSA) is 68.1 Å². The van der Waals surface area contributed by atoms with Crippen molar-refractivity contribution in [2.24, 2.45) is 0 Å². The summed E-state index contributed by atoms with van der Waals surface area (Å²) in [7, 11) is 0. The van der Waals surface area contributed by atoms with E-state index in [1.54, 1.807) is 6.07 Å². The third-order valence-electron chi connectivity index (χ3n) is 2.73. The molecule has 0 spiro atoms. The second kappa shape index (κ2) is 5.79. The molecule has 2 rings (SSSR count). The Morgan fingerprint density at radius 3 is 2.79 bits per heavy atom. The minimum Gasteiger partial charge on any atom is -0.366 e. The summed E-state index contributed by atoms with van der Waals surface area (Å²) >= 11 is 3.43. The number of benzene rings is 1. The molecule has 0 aliphatic carbocycles. The first kappa shape index (κ1) is 13.5. The highest BCUT2D eigenvalue weighted by Crippen LogP contribution is 2.18. The molecular weight excluding hydrogens is 310 g/mol. The van der Waals surface area contributed by atoms with Crippen LogP contribution in [0.4, 0.5) is 11.5 Å². The fourth-order valence-corrected chi connectivity index (χ4v) is 2.02. The number of pyridine rings is 1. The van der Waals surface area contributed by atoms with E-state index in [0.29, 0.717) is 12.4 Å². The van der Waals surface area contributed by atoms with E-state index in [2.05, 4.69) is 26.2 Å². The zero-order chi connectivity index (χ0) is 13.8. The molecule has 2 aromatic rings. The van der Waals surface area contributed by atoms with Crippen molar-refractivity contribution >= 4 is 27.4 Å². The zero-order valence-electron chi connectivity index (χ0n) is 10.3. The molecule has 19 heavy (non-hydrogen) atoms. The van der Waals surface area contributed by atoms with E-state index in [9.17, 15) is 10.1 Å². The number of nitro groups is 1. The second-order valence-electron chi connectivity index (χ2n) is 4.08. The van der Waals surface area contributed by atoms with E-state index in [1.807, 2.05) is 25.1 Å². The lowest BCUT2D eigenvalue weighted by atomic mass is 10.1. The Morgan fingerprint density at radius 2 is 2.16 bits per heavy atom. The van der Waals surface area contributed by atoms with Gasteiger partial charge in [0.1, 0.15) is 12.0 Å². The lowest BCUT2D eigenvalue weighted by Gasteiger charge is -2.08. The van der Waals surface area contributed by atoms with Crippen LogP contribution in [-0.4, -0.2) is 9.91 Å². The number of aromatic nitrogens is 1. The van der Waals surface area contributed by atoms with Crippen LogP contribution >= 0.6 is 15.9 Å². The van der Waals surface area contributed by atoms with E-state index in [4.69, 9.17) is 0 Å². The van der Waals surface area contributed by atoms with Gasteiger partial charge in [-0.3, -0.25) is 10.1 Å². The maximum atomic E-state index is 10.5. The Bertz CT molecular complexity index is 599. The van der Waals surface area contributed by atoms with Crippen molar-refractivity contribution in [1.82, 2.24) is 4.98 Å². The summed E-state index contributed by atoms with van der Waals surface area (Å²) in [6.45, 7) is 2.66. The van der Waals surface area contributed by atoms with E-state index in [0.717, 1.165) is 10.0 Å². The van der Waals surface area contributed by atoms with Gasteiger partial charge in [-0.15, -0.1) is 0 Å². The van der Waals surface area contributed by atoms with Crippen LogP contribution in [0.5, 0.6) is 0 Å². The fourth-order valence-electron chi connectivity index (χ4n) is 1.61. The molecule has 98 valence electrons. The number of aryl methyl sites for hydroxylation is 1. The molecule has 6 heteroatoms. The molecule has 0 atom stereocenters. The summed E-state index contributed by atoms with van der Waals surface area (Å²) in [5.74, 6) is 0.616. The summed E-state index contributed by atoms with van der Waals surface area (Å²) in [5, 5.41) is 13.7. The number of halogens is 1. The Labute approximate surface area is 119 Å². The van der Waals surface area contributed by atoms with Crippen LogP contribution in [-0.2, 0) is 6.54 Å². The monoisotopic (exact) mass is 321 g/mol. The number of hydrogen-bond donors (Lipinski definition) is 1. The van der Waals surface area contributed by atoms with Crippen LogP contribution in [0.2, 0.25) is 0 Å². The molecule has 5 nitrogen and oxygen atoms in total. The van der Waals surface area contributed by atoms with Crippen LogP contribution < -0.4 is 5.32 Å². The maximum absolute atomic E-state index is 10.5. The number of anilines is 1. The molecule has 0 aliphatic rings. The zero-order valence-corrected chi connectivity index (χ0v) is 11.8. The van der Waals surface area contributed by atoms with Crippen molar-refractivity contribution in [3.63, 3.8) is 0 Å². The Hall–Kier alpha value is -1.95. The molecule has 0 bridgehead atoms. The van der Waals surface area contributed by atoms with Gasteiger partial charge in [-0.05, 0) is 36.2 Å². The summed E-state index contributed by atoms with van der Waals surface area (Å²) in [5.41, 5.74) is 2.32. The average Bonchev–Trinajstić information content (AvgIpc) is 2.40. The number of nitrogens with zero attached hydrogens (tertiary/aromatic N) is 2. The molecular formula is C13H12BrN3O2. The van der Waals surface area contributed by atoms with Gasteiger partial charge in [-0.25, -0.2) is 4.98 Å². The van der Waals surface area contributed by atoms with E-state index >= 15 is 0 Å². The third-order valence-corrected chi connectivity index (χ3v) is 3.22. The van der Waals surface area contributed by atoms with Gasteiger partial charge in [-0.1, -0.05) is 22.0 Å². The van der Waals surface area contributed by atoms with Crippen LogP contribution in [0.25, 0.3) is 0 Å². The van der Waals surface area contributed by atoms with Gasteiger partial charge in [0.25, 0.3) is 5.69 Å². The van der Waals surface area contributed by atoms with Crippen molar-refractivity contribution in [1.29, 1.82) is 0 Å². The smallest absolute Gasteiger partial charge is 0.287 e. The third kappa shape index (κ3) is 3.51. The number of rotatable bonds is 4. The lowest BCUT2D eigenvalue weighted by molar-refractivity contribution is -0.385. The van der Waals surface area contributed by atoms with Crippen molar-refractivity contribution in [2.75, 3.05) is 5.32 Å². The molecule has 0 radical (unpaired) electrons. The predicted molar refractivity (Wildman–Crippen MR) is 77.1 cm³/mol. The molecule has 0 aliphatic heterocycles. The largest absolute Gasteiger partial charge is 0.366 e. The van der Waals surface area contributed by atoms with Crippen molar-refractivity contribution in [3.8, 4) is 0 Å². The maximum Gasteiger partial charge on any atom is 0.287 e. The quantitative estimate of drug-likeness (QED) is 0.689. The summed E-state index contributed by atoms with van der Waals surface area (Å²) in [6.07, 6.45) is 1.25. The molecule has 1 aromatic heterocycles. The highest BCUT2D eigenvalue weighted by molar-refractivity contribution is 9.10. The minimum atomic E-state index is -0.463. The molecule has 0 saturated carbocycles. The molecule has 0 saturated heterocycles. The highest BCUT2D eigenvalue weighted by Gasteiger charge is 2.05. The summed E-state index contributed by atoms with van der Waals surface area (Å²) in [4.78, 5) is 14.1. The first-order valence-electron chi connectivity index (χ1n) is 5.65. The van der Waals surface area contributed by atoms with Gasteiger partial charge in [0.2, 0.25) is 0 Å². The van der Waals surface area contributed by atoms with Gasteiger partial charge >= 0.3 is 0 Å². The van der Waals surface area contributed by atoms with Crippen LogP contribution in [0.3, 0.4) is 0 Å². The van der Waals surface area contributed by atoms with E-state index in [1.165, 1.54) is 17.8 Å². The van der Waals surface area contributed by atoms with Gasteiger partial charge in [-0.2, -0.15) is 0 Å². The van der Waals surface area contributed by atoms with Crippen LogP contribution in [0.1, 0.15) is 11.1 Å². The Kier molecular flexibility index (Phi) is 4.11. The molecule has 0 unspecified atom stereocenters. The molecule has 1 N–H and O–H groups in total. The first-order valence-corrected chi connectivity index (χ1v) is 6.45. The van der Waals surface area contributed by atoms with Crippen molar-refractivity contribution in [2.45, 2.75) is 13.5 Å². The van der Waals surface area contributed by atoms with E-state index in [-0.39, 0.29) is 5.69 Å². The Morgan fingerprint density at radius 1 is 1.37 bits per heavy atom. The van der Waals surface area contributed by atoms with Crippen LogP contribution in [0.15, 0.2) is 41.0 Å². The van der Waals surface area contributed by atoms with E-state index < -0.39 is 4.92 Å². The van der Waals surface area contributed by atoms with Crippen molar-refractivity contribution < 1.29 is 4.92 Å². The number of nitrogens with one attached hydrogen (secondary N) is 1. The first-order chi connectivity index (χ1) is 9.06. The van der Waals surface area contributed by atoms with Crippen LogP contribution in [0, 0.1) is 17.0 Å². The van der Waals surface area contributed by atoms with Gasteiger partial charge in [0, 0.05) is 17.1 Å². The molecule has 0 fully saturated rings. The predicted octanol–water partition coefficient (Wildman–Crippen LogP) is 3.67. The normalized spacial score (nSPS) is 10.2.